The molecule has 2 aromatic carbocycles. The highest BCUT2D eigenvalue weighted by atomic mass is 32.1. The number of fused-ring (bicyclic) bond motifs is 1. The fourth-order valence-corrected chi connectivity index (χ4v) is 5.18. The van der Waals surface area contributed by atoms with Gasteiger partial charge in [0.15, 0.2) is 0 Å². The van der Waals surface area contributed by atoms with E-state index >= 15 is 0 Å². The number of nitro groups is 1. The third kappa shape index (κ3) is 4.87. The molecule has 1 aliphatic heterocycles. The van der Waals surface area contributed by atoms with E-state index < -0.39 is 10.7 Å². The van der Waals surface area contributed by atoms with Crippen LogP contribution in [0, 0.1) is 21.4 Å². The number of nitrogens with zero attached hydrogens (tertiary/aromatic N) is 3. The van der Waals surface area contributed by atoms with Crippen LogP contribution in [0.5, 0.6) is 11.5 Å². The van der Waals surface area contributed by atoms with Gasteiger partial charge in [-0.2, -0.15) is 5.26 Å². The highest BCUT2D eigenvalue weighted by molar-refractivity contribution is 7.16. The zero-order valence-corrected chi connectivity index (χ0v) is 18.9. The van der Waals surface area contributed by atoms with Crippen molar-refractivity contribution >= 4 is 28.2 Å². The minimum Gasteiger partial charge on any atom is -0.870 e. The van der Waals surface area contributed by atoms with E-state index in [1.165, 1.54) is 34.1 Å². The first-order valence-electron chi connectivity index (χ1n) is 10.6. The maximum atomic E-state index is 12.6. The Bertz CT molecular complexity index is 1250. The second-order valence-electron chi connectivity index (χ2n) is 7.70. The number of aliphatic imine (C=N–C) groups is 1. The maximum absolute atomic E-state index is 12.6. The first-order chi connectivity index (χ1) is 16.0. The molecule has 4 rings (SSSR count). The first kappa shape index (κ1) is 22.5. The number of benzene rings is 2. The number of hydrogen-bond acceptors (Lipinski definition) is 7. The number of ether oxygens (including phenoxy) is 1. The fourth-order valence-electron chi connectivity index (χ4n) is 3.96. The molecule has 1 unspecified atom stereocenters. The first-order valence-corrected chi connectivity index (χ1v) is 11.4. The predicted molar refractivity (Wildman–Crippen MR) is 123 cm³/mol. The monoisotopic (exact) mass is 462 g/mol. The van der Waals surface area contributed by atoms with Gasteiger partial charge in [-0.25, -0.2) is 4.99 Å². The molecule has 2 heterocycles. The number of hydrogen-bond donors (Lipinski definition) is 1. The quantitative estimate of drug-likeness (QED) is 0.329. The van der Waals surface area contributed by atoms with Crippen molar-refractivity contribution in [3.63, 3.8) is 0 Å². The van der Waals surface area contributed by atoms with Crippen LogP contribution in [0.3, 0.4) is 0 Å². The highest BCUT2D eigenvalue weighted by Gasteiger charge is 2.27. The summed E-state index contributed by atoms with van der Waals surface area (Å²) in [7, 11) is 0. The van der Waals surface area contributed by atoms with Gasteiger partial charge in [0, 0.05) is 24.3 Å². The molecule has 3 aromatic rings. The summed E-state index contributed by atoms with van der Waals surface area (Å²) in [5, 5.41) is 34.1. The summed E-state index contributed by atoms with van der Waals surface area (Å²) in [6.07, 6.45) is 2.08. The number of quaternary nitrogens is 1. The zero-order chi connectivity index (χ0) is 23.4. The molecule has 8 nitrogen and oxygen atoms in total. The molecule has 0 amide bonds. The van der Waals surface area contributed by atoms with Crippen molar-refractivity contribution < 1.29 is 19.7 Å². The molecule has 0 saturated carbocycles. The molecule has 1 aliphatic rings. The Morgan fingerprint density at radius 3 is 2.82 bits per heavy atom. The Morgan fingerprint density at radius 1 is 1.33 bits per heavy atom. The van der Waals surface area contributed by atoms with Gasteiger partial charge in [-0.3, -0.25) is 10.1 Å². The normalized spacial score (nSPS) is 15.2. The van der Waals surface area contributed by atoms with Crippen LogP contribution >= 0.6 is 11.3 Å². The van der Waals surface area contributed by atoms with E-state index in [0.717, 1.165) is 42.6 Å². The van der Waals surface area contributed by atoms with E-state index in [-0.39, 0.29) is 23.6 Å². The van der Waals surface area contributed by atoms with Gasteiger partial charge in [0.25, 0.3) is 5.69 Å². The molecule has 0 bridgehead atoms. The number of nitro benzene ring substituents is 1. The Hall–Kier alpha value is -3.74. The minimum absolute atomic E-state index is 0.0549. The van der Waals surface area contributed by atoms with Crippen LogP contribution in [-0.2, 0) is 19.5 Å². The van der Waals surface area contributed by atoms with Crippen molar-refractivity contribution in [3.8, 4) is 17.6 Å². The van der Waals surface area contributed by atoms with Crippen LogP contribution in [0.2, 0.25) is 0 Å². The van der Waals surface area contributed by atoms with Crippen molar-refractivity contribution in [2.24, 2.45) is 4.99 Å². The van der Waals surface area contributed by atoms with Gasteiger partial charge in [-0.05, 0) is 18.1 Å². The topological polar surface area (TPSA) is 116 Å². The Kier molecular flexibility index (Phi) is 6.68. The summed E-state index contributed by atoms with van der Waals surface area (Å²) >= 11 is 1.44. The molecular weight excluding hydrogens is 440 g/mol. The Balaban J connectivity index is 1.61. The van der Waals surface area contributed by atoms with Gasteiger partial charge < -0.3 is 14.7 Å². The second kappa shape index (κ2) is 9.81. The van der Waals surface area contributed by atoms with E-state index in [9.17, 15) is 20.5 Å². The number of nitriles is 1. The van der Waals surface area contributed by atoms with Gasteiger partial charge in [-0.1, -0.05) is 36.1 Å². The van der Waals surface area contributed by atoms with Crippen LogP contribution in [-0.4, -0.2) is 24.3 Å². The van der Waals surface area contributed by atoms with Gasteiger partial charge >= 0.3 is 0 Å². The standard InChI is InChI=1S/C24H22N4O4S/c1-2-32-21-11-18(28(30)31)10-17(23(21)29)13-26-24-20(12-25)19-8-9-27(15-22(19)33-24)14-16-6-4-3-5-7-16/h3-7,10-11,13,29H,2,8-9,14-15H2,1H3. The van der Waals surface area contributed by atoms with E-state index in [0.29, 0.717) is 10.6 Å². The lowest BCUT2D eigenvalue weighted by atomic mass is 10.0. The summed E-state index contributed by atoms with van der Waals surface area (Å²) in [5.74, 6) is -0.552. The summed E-state index contributed by atoms with van der Waals surface area (Å²) < 4.78 is 5.26. The van der Waals surface area contributed by atoms with E-state index in [2.05, 4.69) is 23.2 Å². The molecule has 0 aliphatic carbocycles. The average molecular weight is 463 g/mol. The van der Waals surface area contributed by atoms with E-state index in [4.69, 9.17) is 4.74 Å². The van der Waals surface area contributed by atoms with Crippen molar-refractivity contribution in [1.82, 2.24) is 0 Å². The third-order valence-corrected chi connectivity index (χ3v) is 6.66. The molecule has 0 fully saturated rings. The van der Waals surface area contributed by atoms with Crippen LogP contribution in [0.4, 0.5) is 10.7 Å². The second-order valence-corrected chi connectivity index (χ2v) is 8.78. The minimum atomic E-state index is -0.575. The fraction of sp³-hybridized carbons (Fsp3) is 0.250. The summed E-state index contributed by atoms with van der Waals surface area (Å²) in [4.78, 5) is 17.6. The summed E-state index contributed by atoms with van der Waals surface area (Å²) in [6, 6.07) is 14.9. The Morgan fingerprint density at radius 2 is 2.12 bits per heavy atom. The molecule has 0 radical (unpaired) electrons. The summed E-state index contributed by atoms with van der Waals surface area (Å²) in [5.41, 5.74) is 2.62. The molecule has 168 valence electrons. The maximum Gasteiger partial charge on any atom is 0.273 e. The molecular formula is C24H22N4O4S. The van der Waals surface area contributed by atoms with Gasteiger partial charge in [-0.15, -0.1) is 11.3 Å². The highest BCUT2D eigenvalue weighted by Crippen LogP contribution is 2.37. The lowest BCUT2D eigenvalue weighted by molar-refractivity contribution is -0.929. The van der Waals surface area contributed by atoms with Crippen LogP contribution in [0.1, 0.15) is 34.1 Å². The van der Waals surface area contributed by atoms with E-state index in [1.807, 2.05) is 18.2 Å². The van der Waals surface area contributed by atoms with Crippen molar-refractivity contribution in [2.75, 3.05) is 13.2 Å². The molecule has 1 atom stereocenters. The molecule has 1 N–H and O–H groups in total. The Labute approximate surface area is 195 Å². The number of thiophene rings is 1. The van der Waals surface area contributed by atoms with Crippen LogP contribution in [0.15, 0.2) is 47.5 Å². The number of nitrogens with one attached hydrogen (secondary N) is 1. The number of rotatable bonds is 7. The molecule has 33 heavy (non-hydrogen) atoms. The largest absolute Gasteiger partial charge is 0.870 e. The summed E-state index contributed by atoms with van der Waals surface area (Å²) in [6.45, 7) is 4.54. The lowest BCUT2D eigenvalue weighted by Gasteiger charge is -2.23. The van der Waals surface area contributed by atoms with Crippen molar-refractivity contribution in [2.45, 2.75) is 26.4 Å². The van der Waals surface area contributed by atoms with Gasteiger partial charge in [0.05, 0.1) is 34.6 Å². The zero-order valence-electron chi connectivity index (χ0n) is 18.0. The van der Waals surface area contributed by atoms with Crippen molar-refractivity contribution in [3.05, 3.63) is 79.7 Å². The molecule has 0 spiro atoms. The SMILES string of the molecule is CCOc1cc([N+](=O)[O-])cc(C=Nc2sc3c(c2C#N)CC[NH+](Cc2ccccc2)C3)c1[O-]. The smallest absolute Gasteiger partial charge is 0.273 e. The molecule has 9 heteroatoms. The van der Waals surface area contributed by atoms with E-state index in [1.54, 1.807) is 6.92 Å². The van der Waals surface area contributed by atoms with Gasteiger partial charge in [0.2, 0.25) is 0 Å². The van der Waals surface area contributed by atoms with Crippen molar-refractivity contribution in [1.29, 1.82) is 5.26 Å². The lowest BCUT2D eigenvalue weighted by Crippen LogP contribution is -3.10. The molecule has 1 aromatic heterocycles. The average Bonchev–Trinajstić information content (AvgIpc) is 3.16. The number of non-ortho nitro benzene ring substituents is 1. The van der Waals surface area contributed by atoms with Gasteiger partial charge in [0.1, 0.15) is 29.9 Å². The third-order valence-electron chi connectivity index (χ3n) is 5.52. The van der Waals surface area contributed by atoms with Crippen LogP contribution in [0.25, 0.3) is 0 Å². The molecule has 0 saturated heterocycles. The predicted octanol–water partition coefficient (Wildman–Crippen LogP) is 2.89. The van der Waals surface area contributed by atoms with Crippen LogP contribution < -0.4 is 14.7 Å².